The lowest BCUT2D eigenvalue weighted by Gasteiger charge is -2.46. The smallest absolute Gasteiger partial charge is 0.217 e. The lowest BCUT2D eigenvalue weighted by Crippen LogP contribution is -2.67. The molecule has 12 heteroatoms. The number of carbonyl (C=O) groups excluding carboxylic acids is 1. The molecule has 0 unspecified atom stereocenters. The van der Waals surface area contributed by atoms with E-state index in [1.54, 1.807) is 0 Å². The van der Waals surface area contributed by atoms with Gasteiger partial charge >= 0.3 is 0 Å². The maximum absolute atomic E-state index is 11.4. The quantitative estimate of drug-likeness (QED) is 0.226. The normalized spacial score (nSPS) is 46.8. The maximum Gasteiger partial charge on any atom is 0.217 e. The molecule has 0 aliphatic carbocycles. The summed E-state index contributed by atoms with van der Waals surface area (Å²) in [6.45, 7) is -0.195. The van der Waals surface area contributed by atoms with E-state index in [2.05, 4.69) is 5.32 Å². The first-order valence-electron chi connectivity index (χ1n) is 8.06. The molecule has 2 saturated heterocycles. The van der Waals surface area contributed by atoms with Crippen LogP contribution in [0, 0.1) is 0 Å². The topological polar surface area (TPSA) is 198 Å². The molecule has 152 valence electrons. The summed E-state index contributed by atoms with van der Waals surface area (Å²) in [5, 5.41) is 70.7. The van der Waals surface area contributed by atoms with Gasteiger partial charge in [-0.05, 0) is 0 Å². The van der Waals surface area contributed by atoms with Crippen molar-refractivity contribution in [3.8, 4) is 0 Å². The fraction of sp³-hybridized carbons (Fsp3) is 0.929. The lowest BCUT2D eigenvalue weighted by molar-refractivity contribution is -0.341. The molecule has 0 radical (unpaired) electrons. The van der Waals surface area contributed by atoms with Crippen molar-refractivity contribution in [2.24, 2.45) is 0 Å². The Labute approximate surface area is 148 Å². The summed E-state index contributed by atoms with van der Waals surface area (Å²) >= 11 is 0. The second-order valence-corrected chi connectivity index (χ2v) is 6.26. The zero-order chi connectivity index (χ0) is 19.6. The van der Waals surface area contributed by atoms with Crippen LogP contribution in [-0.2, 0) is 19.0 Å². The molecule has 2 rings (SSSR count). The Morgan fingerprint density at radius 1 is 0.923 bits per heavy atom. The minimum absolute atomic E-state index is 0.574. The van der Waals surface area contributed by atoms with Crippen LogP contribution >= 0.6 is 0 Å². The standard InChI is InChI=1S/C14H25NO11/c1-4(18)15-7-12(9(20)6(3-17)24-13(7)23)26-14-11(22)10(21)8(19)5(2-16)25-14/h5-14,16-17,19-23H,2-3H2,1H3,(H,15,18)/t5-,6+,7-,8+,9+,10-,11-,12+,13+,14-/m1/s1. The number of nitrogens with one attached hydrogen (secondary N) is 1. The van der Waals surface area contributed by atoms with Crippen molar-refractivity contribution < 1.29 is 54.8 Å². The fourth-order valence-electron chi connectivity index (χ4n) is 2.97. The molecule has 0 aromatic heterocycles. The molecule has 10 atom stereocenters. The van der Waals surface area contributed by atoms with Crippen molar-refractivity contribution in [2.45, 2.75) is 68.3 Å². The van der Waals surface area contributed by atoms with Gasteiger partial charge < -0.3 is 55.3 Å². The van der Waals surface area contributed by atoms with Crippen LogP contribution in [0.2, 0.25) is 0 Å². The molecule has 2 heterocycles. The van der Waals surface area contributed by atoms with E-state index >= 15 is 0 Å². The molecule has 0 aromatic rings. The van der Waals surface area contributed by atoms with Crippen LogP contribution in [0.15, 0.2) is 0 Å². The highest BCUT2D eigenvalue weighted by atomic mass is 16.7. The summed E-state index contributed by atoms with van der Waals surface area (Å²) in [6, 6.07) is -1.28. The summed E-state index contributed by atoms with van der Waals surface area (Å²) < 4.78 is 15.7. The molecule has 26 heavy (non-hydrogen) atoms. The monoisotopic (exact) mass is 383 g/mol. The highest BCUT2D eigenvalue weighted by Gasteiger charge is 2.50. The average Bonchev–Trinajstić information content (AvgIpc) is 2.60. The van der Waals surface area contributed by atoms with Gasteiger partial charge in [-0.2, -0.15) is 0 Å². The van der Waals surface area contributed by atoms with E-state index in [1.807, 2.05) is 0 Å². The Balaban J connectivity index is 2.21. The molecule has 8 N–H and O–H groups in total. The number of aliphatic hydroxyl groups is 7. The summed E-state index contributed by atoms with van der Waals surface area (Å²) in [5.74, 6) is -0.574. The highest BCUT2D eigenvalue weighted by Crippen LogP contribution is 2.28. The zero-order valence-electron chi connectivity index (χ0n) is 14.0. The van der Waals surface area contributed by atoms with Crippen molar-refractivity contribution in [1.82, 2.24) is 5.32 Å². The molecular formula is C14H25NO11. The molecule has 2 aliphatic heterocycles. The first-order valence-corrected chi connectivity index (χ1v) is 8.06. The molecule has 2 fully saturated rings. The molecule has 2 aliphatic rings. The summed E-state index contributed by atoms with van der Waals surface area (Å²) in [5.41, 5.74) is 0. The van der Waals surface area contributed by atoms with Gasteiger partial charge in [0.05, 0.1) is 13.2 Å². The first kappa shape index (κ1) is 21.4. The van der Waals surface area contributed by atoms with Gasteiger partial charge in [-0.25, -0.2) is 0 Å². The van der Waals surface area contributed by atoms with Gasteiger partial charge in [0.15, 0.2) is 12.6 Å². The van der Waals surface area contributed by atoms with Crippen LogP contribution < -0.4 is 5.32 Å². The second-order valence-electron chi connectivity index (χ2n) is 6.26. The molecular weight excluding hydrogens is 358 g/mol. The van der Waals surface area contributed by atoms with Crippen LogP contribution in [0.4, 0.5) is 0 Å². The van der Waals surface area contributed by atoms with Gasteiger partial charge in [0.25, 0.3) is 0 Å². The van der Waals surface area contributed by atoms with E-state index in [0.717, 1.165) is 6.92 Å². The molecule has 12 nitrogen and oxygen atoms in total. The van der Waals surface area contributed by atoms with Crippen LogP contribution in [0.3, 0.4) is 0 Å². The largest absolute Gasteiger partial charge is 0.394 e. The van der Waals surface area contributed by atoms with Gasteiger partial charge in [0.1, 0.15) is 48.8 Å². The van der Waals surface area contributed by atoms with Gasteiger partial charge in [-0.1, -0.05) is 0 Å². The lowest BCUT2D eigenvalue weighted by atomic mass is 9.95. The molecule has 0 aromatic carbocycles. The summed E-state index contributed by atoms with van der Waals surface area (Å²) in [4.78, 5) is 11.4. The predicted molar refractivity (Wildman–Crippen MR) is 80.2 cm³/mol. The minimum atomic E-state index is -1.74. The number of amides is 1. The highest BCUT2D eigenvalue weighted by molar-refractivity contribution is 5.73. The van der Waals surface area contributed by atoms with E-state index in [-0.39, 0.29) is 0 Å². The van der Waals surface area contributed by atoms with Crippen molar-refractivity contribution >= 4 is 5.91 Å². The van der Waals surface area contributed by atoms with E-state index in [0.29, 0.717) is 0 Å². The number of ether oxygens (including phenoxy) is 3. The van der Waals surface area contributed by atoms with E-state index in [1.165, 1.54) is 0 Å². The molecule has 0 spiro atoms. The second kappa shape index (κ2) is 8.84. The van der Waals surface area contributed by atoms with E-state index in [4.69, 9.17) is 14.2 Å². The molecule has 1 amide bonds. The van der Waals surface area contributed by atoms with Gasteiger partial charge in [0.2, 0.25) is 5.91 Å². The van der Waals surface area contributed by atoms with Crippen LogP contribution in [0.5, 0.6) is 0 Å². The number of hydrogen-bond donors (Lipinski definition) is 8. The predicted octanol–water partition coefficient (Wildman–Crippen LogP) is -5.25. The number of aliphatic hydroxyl groups excluding tert-OH is 7. The third-order valence-electron chi connectivity index (χ3n) is 4.38. The third-order valence-corrected chi connectivity index (χ3v) is 4.38. The Morgan fingerprint density at radius 2 is 1.50 bits per heavy atom. The van der Waals surface area contributed by atoms with Crippen molar-refractivity contribution in [3.63, 3.8) is 0 Å². The average molecular weight is 383 g/mol. The number of carbonyl (C=O) groups is 1. The van der Waals surface area contributed by atoms with Crippen molar-refractivity contribution in [2.75, 3.05) is 13.2 Å². The summed E-state index contributed by atoms with van der Waals surface area (Å²) in [7, 11) is 0. The Bertz CT molecular complexity index is 478. The zero-order valence-corrected chi connectivity index (χ0v) is 14.0. The maximum atomic E-state index is 11.4. The van der Waals surface area contributed by atoms with Gasteiger partial charge in [-0.15, -0.1) is 0 Å². The fourth-order valence-corrected chi connectivity index (χ4v) is 2.97. The Morgan fingerprint density at radius 3 is 2.04 bits per heavy atom. The van der Waals surface area contributed by atoms with Crippen LogP contribution in [-0.4, -0.2) is 116 Å². The van der Waals surface area contributed by atoms with Crippen LogP contribution in [0.25, 0.3) is 0 Å². The SMILES string of the molecule is CC(=O)N[C@@H]1[C@H](O[C@H]2O[C@H](CO)[C@H](O)[C@@H](O)[C@H]2O)[C@@H](O)[C@H](CO)O[C@@H]1O. The van der Waals surface area contributed by atoms with Gasteiger partial charge in [0, 0.05) is 6.92 Å². The van der Waals surface area contributed by atoms with Crippen molar-refractivity contribution in [3.05, 3.63) is 0 Å². The number of rotatable bonds is 5. The minimum Gasteiger partial charge on any atom is -0.394 e. The van der Waals surface area contributed by atoms with E-state index in [9.17, 15) is 40.5 Å². The van der Waals surface area contributed by atoms with Crippen molar-refractivity contribution in [1.29, 1.82) is 0 Å². The number of hydrogen-bond acceptors (Lipinski definition) is 11. The third kappa shape index (κ3) is 4.31. The Kier molecular flexibility index (Phi) is 7.27. The van der Waals surface area contributed by atoms with Gasteiger partial charge in [-0.3, -0.25) is 4.79 Å². The first-order chi connectivity index (χ1) is 12.2. The molecule has 0 saturated carbocycles. The molecule has 0 bridgehead atoms. The van der Waals surface area contributed by atoms with E-state index < -0.39 is 80.5 Å². The Hall–Kier alpha value is -0.930. The summed E-state index contributed by atoms with van der Waals surface area (Å²) in [6.07, 6.45) is -13.7. The van der Waals surface area contributed by atoms with Crippen LogP contribution in [0.1, 0.15) is 6.92 Å².